The fourth-order valence-corrected chi connectivity index (χ4v) is 7.80. The summed E-state index contributed by atoms with van der Waals surface area (Å²) in [6.07, 6.45) is 2.71. The number of amides is 4. The van der Waals surface area contributed by atoms with Gasteiger partial charge in [0.2, 0.25) is 11.8 Å². The van der Waals surface area contributed by atoms with E-state index >= 15 is 0 Å². The van der Waals surface area contributed by atoms with Crippen LogP contribution in [0.5, 0.6) is 5.75 Å². The van der Waals surface area contributed by atoms with Crippen molar-refractivity contribution in [2.45, 2.75) is 50.7 Å². The number of morpholine rings is 1. The number of nitrogens with zero attached hydrogens (tertiary/aromatic N) is 4. The number of aryl methyl sites for hydroxylation is 1. The van der Waals surface area contributed by atoms with Gasteiger partial charge in [-0.1, -0.05) is 48.5 Å². The molecule has 3 aliphatic rings. The van der Waals surface area contributed by atoms with Gasteiger partial charge in [-0.15, -0.1) is 0 Å². The number of likely N-dealkylation sites (tertiary alicyclic amines) is 2. The molecule has 0 bridgehead atoms. The highest BCUT2D eigenvalue weighted by Gasteiger charge is 2.38. The second-order valence-electron chi connectivity index (χ2n) is 14.2. The van der Waals surface area contributed by atoms with Crippen LogP contribution in [0, 0.1) is 12.8 Å². The molecule has 1 aromatic heterocycles. The first-order valence-electron chi connectivity index (χ1n) is 19.0. The number of hydrogen-bond acceptors (Lipinski definition) is 10. The van der Waals surface area contributed by atoms with Crippen molar-refractivity contribution in [1.82, 2.24) is 30.7 Å². The second kappa shape index (κ2) is 17.7. The van der Waals surface area contributed by atoms with Crippen molar-refractivity contribution in [3.05, 3.63) is 83.4 Å². The number of nitrogens with one attached hydrogen (secondary N) is 3. The van der Waals surface area contributed by atoms with Gasteiger partial charge in [-0.3, -0.25) is 9.59 Å². The van der Waals surface area contributed by atoms with E-state index < -0.39 is 0 Å². The average molecular weight is 740 g/mol. The number of rotatable bonds is 14. The lowest BCUT2D eigenvalue weighted by Gasteiger charge is -2.44. The Hall–Kier alpha value is -5.21. The van der Waals surface area contributed by atoms with E-state index in [0.29, 0.717) is 70.5 Å². The third-order valence-corrected chi connectivity index (χ3v) is 10.6. The van der Waals surface area contributed by atoms with E-state index in [2.05, 4.69) is 62.7 Å². The lowest BCUT2D eigenvalue weighted by atomic mass is 9.76. The number of anilines is 1. The van der Waals surface area contributed by atoms with Gasteiger partial charge in [-0.2, -0.15) is 0 Å². The number of urea groups is 1. The van der Waals surface area contributed by atoms with Crippen molar-refractivity contribution in [2.24, 2.45) is 5.92 Å². The molecule has 7 rings (SSSR count). The van der Waals surface area contributed by atoms with Crippen molar-refractivity contribution in [1.29, 1.82) is 0 Å². The summed E-state index contributed by atoms with van der Waals surface area (Å²) in [6.45, 7) is 6.55. The maximum atomic E-state index is 13.5. The first-order chi connectivity index (χ1) is 26.4. The minimum Gasteiger partial charge on any atom is -0.492 e. The molecule has 0 radical (unpaired) electrons. The SMILES string of the molecule is Cc1ccc(NCCOCCC(=O)NCCOc2cccc(C(c3ccccc3)C3CCN(C(=O)N4CC[C@@H]5OCC(=O)N[C@@H]5C4)CC3)c2)c2nonc12. The predicted molar refractivity (Wildman–Crippen MR) is 201 cm³/mol. The summed E-state index contributed by atoms with van der Waals surface area (Å²) in [5.74, 6) is 1.02. The number of carbonyl (C=O) groups excluding carboxylic acids is 3. The first kappa shape index (κ1) is 37.1. The molecule has 3 saturated heterocycles. The Morgan fingerprint density at radius 1 is 0.907 bits per heavy atom. The molecule has 14 heteroatoms. The van der Waals surface area contributed by atoms with E-state index in [1.807, 2.05) is 47.1 Å². The van der Waals surface area contributed by atoms with Gasteiger partial charge in [0.15, 0.2) is 5.52 Å². The van der Waals surface area contributed by atoms with Crippen LogP contribution in [0.15, 0.2) is 71.4 Å². The van der Waals surface area contributed by atoms with Crippen molar-refractivity contribution in [3.8, 4) is 5.75 Å². The molecule has 4 amide bonds. The number of carbonyl (C=O) groups is 3. The largest absolute Gasteiger partial charge is 0.492 e. The zero-order valence-corrected chi connectivity index (χ0v) is 30.7. The third-order valence-electron chi connectivity index (χ3n) is 10.6. The Morgan fingerprint density at radius 3 is 2.56 bits per heavy atom. The molecule has 3 N–H and O–H groups in total. The van der Waals surface area contributed by atoms with E-state index in [4.69, 9.17) is 18.8 Å². The van der Waals surface area contributed by atoms with Crippen molar-refractivity contribution in [3.63, 3.8) is 0 Å². The molecular weight excluding hydrogens is 690 g/mol. The van der Waals surface area contributed by atoms with Crippen LogP contribution in [0.25, 0.3) is 11.0 Å². The zero-order valence-electron chi connectivity index (χ0n) is 30.7. The van der Waals surface area contributed by atoms with E-state index in [1.165, 1.54) is 11.1 Å². The summed E-state index contributed by atoms with van der Waals surface area (Å²) in [4.78, 5) is 41.7. The molecule has 0 saturated carbocycles. The van der Waals surface area contributed by atoms with Crippen LogP contribution in [0.2, 0.25) is 0 Å². The fourth-order valence-electron chi connectivity index (χ4n) is 7.80. The zero-order chi connectivity index (χ0) is 37.3. The van der Waals surface area contributed by atoms with Crippen molar-refractivity contribution in [2.75, 3.05) is 71.0 Å². The van der Waals surface area contributed by atoms with Crippen LogP contribution in [-0.4, -0.2) is 116 Å². The van der Waals surface area contributed by atoms with Crippen LogP contribution in [0.4, 0.5) is 10.5 Å². The smallest absolute Gasteiger partial charge is 0.320 e. The van der Waals surface area contributed by atoms with Gasteiger partial charge in [-0.05, 0) is 77.3 Å². The number of fused-ring (bicyclic) bond motifs is 2. The minimum atomic E-state index is -0.148. The molecule has 3 atom stereocenters. The summed E-state index contributed by atoms with van der Waals surface area (Å²) in [5.41, 5.74) is 5.64. The fraction of sp³-hybridized carbons (Fsp3) is 0.475. The van der Waals surface area contributed by atoms with Gasteiger partial charge in [0.25, 0.3) is 0 Å². The molecule has 4 heterocycles. The molecule has 286 valence electrons. The van der Waals surface area contributed by atoms with Crippen LogP contribution in [-0.2, 0) is 19.1 Å². The predicted octanol–water partition coefficient (Wildman–Crippen LogP) is 4.10. The summed E-state index contributed by atoms with van der Waals surface area (Å²) in [7, 11) is 0. The van der Waals surface area contributed by atoms with Crippen LogP contribution in [0.3, 0.4) is 0 Å². The molecule has 1 unspecified atom stereocenters. The molecule has 3 aromatic carbocycles. The maximum Gasteiger partial charge on any atom is 0.320 e. The third kappa shape index (κ3) is 9.11. The van der Waals surface area contributed by atoms with E-state index in [1.54, 1.807) is 0 Å². The highest BCUT2D eigenvalue weighted by Crippen LogP contribution is 2.39. The summed E-state index contributed by atoms with van der Waals surface area (Å²) in [6, 6.07) is 22.5. The molecular formula is C40H49N7O7. The highest BCUT2D eigenvalue weighted by molar-refractivity contribution is 5.89. The summed E-state index contributed by atoms with van der Waals surface area (Å²) < 4.78 is 22.3. The number of hydrogen-bond donors (Lipinski definition) is 3. The standard InChI is InChI=1S/C40H49N7O7/c1-27-10-11-32(39-38(27)44-54-45-39)41-16-22-51-21-15-35(48)42-17-23-52-31-9-5-8-30(24-31)37(28-6-3-2-4-7-28)29-12-18-46(19-13-29)40(50)47-20-14-34-33(25-47)43-36(49)26-53-34/h2-11,24,29,33-34,37,41H,12-23,25-26H2,1H3,(H,42,48)(H,43,49)/t33-,34+,37?/m1/s1. The Bertz CT molecular complexity index is 1880. The number of piperidine rings is 2. The topological polar surface area (TPSA) is 160 Å². The highest BCUT2D eigenvalue weighted by atomic mass is 16.6. The summed E-state index contributed by atoms with van der Waals surface area (Å²) in [5, 5.41) is 17.1. The Morgan fingerprint density at radius 2 is 1.70 bits per heavy atom. The molecule has 4 aromatic rings. The average Bonchev–Trinajstić information content (AvgIpc) is 3.71. The first-order valence-corrected chi connectivity index (χ1v) is 19.0. The second-order valence-corrected chi connectivity index (χ2v) is 14.2. The Labute approximate surface area is 314 Å². The molecule has 0 aliphatic carbocycles. The van der Waals surface area contributed by atoms with Gasteiger partial charge in [0.05, 0.1) is 37.6 Å². The quantitative estimate of drug-likeness (QED) is 0.161. The molecule has 14 nitrogen and oxygen atoms in total. The number of ether oxygens (including phenoxy) is 3. The Balaban J connectivity index is 0.845. The van der Waals surface area contributed by atoms with Crippen LogP contribution >= 0.6 is 0 Å². The number of benzene rings is 3. The van der Waals surface area contributed by atoms with Gasteiger partial charge >= 0.3 is 6.03 Å². The minimum absolute atomic E-state index is 0.0237. The van der Waals surface area contributed by atoms with Gasteiger partial charge in [0.1, 0.15) is 24.5 Å². The molecule has 3 fully saturated rings. The van der Waals surface area contributed by atoms with Crippen molar-refractivity contribution >= 4 is 34.6 Å². The van der Waals surface area contributed by atoms with Crippen LogP contribution < -0.4 is 20.7 Å². The molecule has 0 spiro atoms. The Kier molecular flexibility index (Phi) is 12.2. The van der Waals surface area contributed by atoms with E-state index in [9.17, 15) is 14.4 Å². The van der Waals surface area contributed by atoms with Crippen LogP contribution in [0.1, 0.15) is 48.3 Å². The van der Waals surface area contributed by atoms with Gasteiger partial charge < -0.3 is 40.0 Å². The van der Waals surface area contributed by atoms with Gasteiger partial charge in [0, 0.05) is 45.1 Å². The van der Waals surface area contributed by atoms with E-state index in [-0.39, 0.29) is 48.9 Å². The lowest BCUT2D eigenvalue weighted by molar-refractivity contribution is -0.139. The lowest BCUT2D eigenvalue weighted by Crippen LogP contribution is -2.62. The van der Waals surface area contributed by atoms with Crippen molar-refractivity contribution < 1.29 is 33.2 Å². The monoisotopic (exact) mass is 739 g/mol. The maximum absolute atomic E-state index is 13.5. The number of aromatic nitrogens is 2. The normalized spacial score (nSPS) is 19.5. The summed E-state index contributed by atoms with van der Waals surface area (Å²) >= 11 is 0. The van der Waals surface area contributed by atoms with E-state index in [0.717, 1.165) is 41.8 Å². The molecule has 54 heavy (non-hydrogen) atoms. The molecule has 3 aliphatic heterocycles. The van der Waals surface area contributed by atoms with Gasteiger partial charge in [-0.25, -0.2) is 9.42 Å².